The van der Waals surface area contributed by atoms with Gasteiger partial charge in [0.1, 0.15) is 0 Å². The second-order valence-corrected chi connectivity index (χ2v) is 3.88. The fraction of sp³-hybridized carbons (Fsp3) is 0.267. The highest BCUT2D eigenvalue weighted by Gasteiger charge is 1.99. The van der Waals surface area contributed by atoms with Crippen molar-refractivity contribution in [1.29, 1.82) is 0 Å². The van der Waals surface area contributed by atoms with Crippen molar-refractivity contribution in [2.24, 2.45) is 4.99 Å². The lowest BCUT2D eigenvalue weighted by atomic mass is 10.0. The molecule has 0 aliphatic heterocycles. The van der Waals surface area contributed by atoms with Crippen molar-refractivity contribution in [3.8, 4) is 0 Å². The van der Waals surface area contributed by atoms with E-state index in [0.29, 0.717) is 0 Å². The molecule has 0 spiro atoms. The molecule has 0 radical (unpaired) electrons. The second kappa shape index (κ2) is 6.69. The van der Waals surface area contributed by atoms with Gasteiger partial charge in [-0.15, -0.1) is 0 Å². The fourth-order valence-corrected chi connectivity index (χ4v) is 1.56. The van der Waals surface area contributed by atoms with Gasteiger partial charge in [-0.2, -0.15) is 0 Å². The second-order valence-electron chi connectivity index (χ2n) is 3.88. The molecule has 1 aromatic rings. The van der Waals surface area contributed by atoms with Crippen LogP contribution >= 0.6 is 0 Å². The van der Waals surface area contributed by atoms with E-state index in [4.69, 9.17) is 0 Å². The summed E-state index contributed by atoms with van der Waals surface area (Å²) in [5.41, 5.74) is 4.74. The zero-order chi connectivity index (χ0) is 12.7. The molecule has 2 nitrogen and oxygen atoms in total. The number of hydrogen-bond acceptors (Lipinski definition) is 2. The zero-order valence-corrected chi connectivity index (χ0v) is 10.8. The molecule has 2 heteroatoms. The fourth-order valence-electron chi connectivity index (χ4n) is 1.56. The first-order valence-electron chi connectivity index (χ1n) is 5.78. The third-order valence-corrected chi connectivity index (χ3v) is 2.70. The van der Waals surface area contributed by atoms with Crippen LogP contribution in [0.3, 0.4) is 0 Å². The predicted octanol–water partition coefficient (Wildman–Crippen LogP) is 3.76. The number of rotatable bonds is 5. The van der Waals surface area contributed by atoms with E-state index >= 15 is 0 Å². The van der Waals surface area contributed by atoms with Gasteiger partial charge in [0.15, 0.2) is 0 Å². The topological polar surface area (TPSA) is 24.4 Å². The molecule has 0 aliphatic rings. The van der Waals surface area contributed by atoms with E-state index in [1.165, 1.54) is 16.7 Å². The normalized spacial score (nSPS) is 12.4. The Morgan fingerprint density at radius 3 is 2.47 bits per heavy atom. The average molecular weight is 228 g/mol. The minimum Gasteiger partial charge on any atom is -0.387 e. The van der Waals surface area contributed by atoms with Crippen molar-refractivity contribution in [2.75, 3.05) is 0 Å². The van der Waals surface area contributed by atoms with Crippen LogP contribution in [0.25, 0.3) is 5.57 Å². The van der Waals surface area contributed by atoms with Crippen LogP contribution in [0.5, 0.6) is 0 Å². The number of nitrogens with zero attached hydrogens (tertiary/aromatic N) is 1. The smallest absolute Gasteiger partial charge is 0.0403 e. The molecule has 0 heterocycles. The third kappa shape index (κ3) is 3.91. The van der Waals surface area contributed by atoms with Gasteiger partial charge in [-0.25, -0.2) is 0 Å². The van der Waals surface area contributed by atoms with E-state index in [9.17, 15) is 0 Å². The van der Waals surface area contributed by atoms with E-state index in [2.05, 4.69) is 48.1 Å². The molecule has 0 bridgehead atoms. The van der Waals surface area contributed by atoms with Crippen LogP contribution in [0, 0.1) is 0 Å². The lowest BCUT2D eigenvalue weighted by Crippen LogP contribution is -2.03. The Bertz CT molecular complexity index is 425. The largest absolute Gasteiger partial charge is 0.387 e. The average Bonchev–Trinajstić information content (AvgIpc) is 2.36. The SMILES string of the molecule is C=CNCc1ccc(/C(C)=C(\C)N=CC)cc1. The third-order valence-electron chi connectivity index (χ3n) is 2.70. The van der Waals surface area contributed by atoms with Crippen molar-refractivity contribution < 1.29 is 0 Å². The van der Waals surface area contributed by atoms with Crippen molar-refractivity contribution in [3.05, 3.63) is 53.9 Å². The van der Waals surface area contributed by atoms with E-state index < -0.39 is 0 Å². The van der Waals surface area contributed by atoms with Crippen LogP contribution in [0.1, 0.15) is 31.9 Å². The van der Waals surface area contributed by atoms with Gasteiger partial charge in [0.05, 0.1) is 0 Å². The molecule has 0 aliphatic carbocycles. The first kappa shape index (κ1) is 13.2. The lowest BCUT2D eigenvalue weighted by Gasteiger charge is -2.06. The Balaban J connectivity index is 2.87. The summed E-state index contributed by atoms with van der Waals surface area (Å²) < 4.78 is 0. The van der Waals surface area contributed by atoms with Gasteiger partial charge >= 0.3 is 0 Å². The van der Waals surface area contributed by atoms with E-state index in [-0.39, 0.29) is 0 Å². The molecule has 0 saturated carbocycles. The molecule has 0 saturated heterocycles. The molecule has 0 aromatic heterocycles. The van der Waals surface area contributed by atoms with Crippen LogP contribution in [-0.2, 0) is 6.54 Å². The van der Waals surface area contributed by atoms with Crippen LogP contribution in [0.2, 0.25) is 0 Å². The van der Waals surface area contributed by atoms with Gasteiger partial charge < -0.3 is 5.32 Å². The van der Waals surface area contributed by atoms with Gasteiger partial charge in [-0.3, -0.25) is 4.99 Å². The first-order valence-corrected chi connectivity index (χ1v) is 5.78. The monoisotopic (exact) mass is 228 g/mol. The Morgan fingerprint density at radius 1 is 1.29 bits per heavy atom. The molecule has 0 unspecified atom stereocenters. The number of aliphatic imine (C=N–C) groups is 1. The molecule has 17 heavy (non-hydrogen) atoms. The van der Waals surface area contributed by atoms with Crippen LogP contribution in [0.4, 0.5) is 0 Å². The van der Waals surface area contributed by atoms with Crippen molar-refractivity contribution >= 4 is 11.8 Å². The summed E-state index contributed by atoms with van der Waals surface area (Å²) in [6, 6.07) is 8.50. The summed E-state index contributed by atoms with van der Waals surface area (Å²) >= 11 is 0. The maximum absolute atomic E-state index is 4.30. The van der Waals surface area contributed by atoms with Crippen molar-refractivity contribution in [1.82, 2.24) is 5.32 Å². The summed E-state index contributed by atoms with van der Waals surface area (Å²) in [7, 11) is 0. The predicted molar refractivity (Wildman–Crippen MR) is 75.9 cm³/mol. The summed E-state index contributed by atoms with van der Waals surface area (Å²) in [6.07, 6.45) is 3.53. The molecule has 1 rings (SSSR count). The number of benzene rings is 1. The molecule has 1 aromatic carbocycles. The highest BCUT2D eigenvalue weighted by Crippen LogP contribution is 2.19. The van der Waals surface area contributed by atoms with Crippen LogP contribution < -0.4 is 5.32 Å². The van der Waals surface area contributed by atoms with Gasteiger partial charge in [-0.05, 0) is 43.7 Å². The van der Waals surface area contributed by atoms with Crippen molar-refractivity contribution in [3.63, 3.8) is 0 Å². The van der Waals surface area contributed by atoms with E-state index in [1.807, 2.05) is 20.1 Å². The van der Waals surface area contributed by atoms with Gasteiger partial charge in [-0.1, -0.05) is 30.8 Å². The lowest BCUT2D eigenvalue weighted by molar-refractivity contribution is 0.872. The molecule has 0 amide bonds. The molecule has 0 atom stereocenters. The molecular formula is C15H20N2. The summed E-state index contributed by atoms with van der Waals surface area (Å²) in [5.74, 6) is 0. The van der Waals surface area contributed by atoms with Crippen LogP contribution in [-0.4, -0.2) is 6.21 Å². The van der Waals surface area contributed by atoms with Gasteiger partial charge in [0, 0.05) is 18.5 Å². The maximum Gasteiger partial charge on any atom is 0.0403 e. The molecule has 90 valence electrons. The quantitative estimate of drug-likeness (QED) is 0.762. The first-order chi connectivity index (χ1) is 8.19. The minimum atomic E-state index is 0.818. The number of hydrogen-bond donors (Lipinski definition) is 1. The highest BCUT2D eigenvalue weighted by molar-refractivity contribution is 5.69. The van der Waals surface area contributed by atoms with E-state index in [1.54, 1.807) is 6.20 Å². The Labute approximate surface area is 104 Å². The Kier molecular flexibility index (Phi) is 5.21. The van der Waals surface area contributed by atoms with Crippen molar-refractivity contribution in [2.45, 2.75) is 27.3 Å². The Hall–Kier alpha value is -1.83. The number of nitrogens with one attached hydrogen (secondary N) is 1. The van der Waals surface area contributed by atoms with Gasteiger partial charge in [0.2, 0.25) is 0 Å². The van der Waals surface area contributed by atoms with Crippen LogP contribution in [0.15, 0.2) is 47.7 Å². The number of allylic oxidation sites excluding steroid dienone is 2. The molecule has 1 N–H and O–H groups in total. The minimum absolute atomic E-state index is 0.818. The summed E-state index contributed by atoms with van der Waals surface area (Å²) in [6.45, 7) is 10.5. The zero-order valence-electron chi connectivity index (χ0n) is 10.8. The van der Waals surface area contributed by atoms with Gasteiger partial charge in [0.25, 0.3) is 0 Å². The standard InChI is InChI=1S/C15H20N2/c1-5-16-11-14-7-9-15(10-8-14)12(3)13(4)17-6-2/h5-10,16H,1,11H2,2-4H3/b13-12+,17-6?. The molecule has 0 fully saturated rings. The highest BCUT2D eigenvalue weighted by atomic mass is 14.8. The molecular weight excluding hydrogens is 208 g/mol. The Morgan fingerprint density at radius 2 is 1.94 bits per heavy atom. The van der Waals surface area contributed by atoms with E-state index in [0.717, 1.165) is 12.2 Å². The summed E-state index contributed by atoms with van der Waals surface area (Å²) in [4.78, 5) is 4.30. The summed E-state index contributed by atoms with van der Waals surface area (Å²) in [5, 5.41) is 3.08. The maximum atomic E-state index is 4.30.